The standard InChI is InChI=1S/C25H33N3O2/c1-24-11-4-5-19(24)17-6-7-21-25(2,20(17)8-12-24)15-18(23(30)28(21)3)22(29)27-16-9-13-26-14-10-16/h9-10,13-15,17,19-21H,4-8,11-12H2,1-3H3,(H,26,27,29)/t17-,19-,20+,21?,24-,25+/m0/s1. The number of fused-ring (bicyclic) bond motifs is 5. The number of hydrogen-bond donors (Lipinski definition) is 1. The summed E-state index contributed by atoms with van der Waals surface area (Å²) in [7, 11) is 1.89. The smallest absolute Gasteiger partial charge is 0.260 e. The minimum atomic E-state index is -0.304. The fourth-order valence-electron chi connectivity index (χ4n) is 7.68. The maximum Gasteiger partial charge on any atom is 0.260 e. The van der Waals surface area contributed by atoms with Crippen molar-refractivity contribution in [3.63, 3.8) is 0 Å². The summed E-state index contributed by atoms with van der Waals surface area (Å²) in [4.78, 5) is 32.1. The van der Waals surface area contributed by atoms with Crippen LogP contribution >= 0.6 is 0 Å². The summed E-state index contributed by atoms with van der Waals surface area (Å²) in [6.45, 7) is 4.82. The third-order valence-electron chi connectivity index (χ3n) is 9.17. The van der Waals surface area contributed by atoms with E-state index in [1.165, 1.54) is 38.5 Å². The first kappa shape index (κ1) is 19.8. The van der Waals surface area contributed by atoms with Crippen LogP contribution in [0.4, 0.5) is 5.69 Å². The molecule has 1 aromatic rings. The average molecular weight is 408 g/mol. The Kier molecular flexibility index (Phi) is 4.57. The van der Waals surface area contributed by atoms with Gasteiger partial charge in [-0.3, -0.25) is 14.6 Å². The first-order valence-electron chi connectivity index (χ1n) is 11.5. The zero-order chi connectivity index (χ0) is 21.1. The minimum absolute atomic E-state index is 0.138. The highest BCUT2D eigenvalue weighted by atomic mass is 16.2. The maximum absolute atomic E-state index is 13.1. The molecule has 1 N–H and O–H groups in total. The molecule has 4 aliphatic rings. The van der Waals surface area contributed by atoms with Gasteiger partial charge in [0, 0.05) is 36.6 Å². The van der Waals surface area contributed by atoms with E-state index in [1.54, 1.807) is 24.5 Å². The molecule has 1 aliphatic heterocycles. The average Bonchev–Trinajstić information content (AvgIpc) is 3.13. The van der Waals surface area contributed by atoms with Crippen LogP contribution in [-0.2, 0) is 9.59 Å². The van der Waals surface area contributed by atoms with Crippen LogP contribution in [-0.4, -0.2) is 34.8 Å². The van der Waals surface area contributed by atoms with Crippen LogP contribution in [0.2, 0.25) is 0 Å². The van der Waals surface area contributed by atoms with Crippen molar-refractivity contribution in [2.75, 3.05) is 12.4 Å². The molecule has 2 amide bonds. The van der Waals surface area contributed by atoms with Crippen molar-refractivity contribution in [2.24, 2.45) is 28.6 Å². The quantitative estimate of drug-likeness (QED) is 0.738. The van der Waals surface area contributed by atoms with E-state index in [-0.39, 0.29) is 23.3 Å². The van der Waals surface area contributed by atoms with Gasteiger partial charge in [-0.2, -0.15) is 0 Å². The highest BCUT2D eigenvalue weighted by Gasteiger charge is 2.59. The molecule has 0 spiro atoms. The number of amides is 2. The van der Waals surface area contributed by atoms with E-state index < -0.39 is 0 Å². The van der Waals surface area contributed by atoms with Crippen LogP contribution in [0.15, 0.2) is 36.2 Å². The number of rotatable bonds is 2. The predicted molar refractivity (Wildman–Crippen MR) is 117 cm³/mol. The number of hydrogen-bond acceptors (Lipinski definition) is 3. The second-order valence-corrected chi connectivity index (χ2v) is 10.6. The molecule has 3 aliphatic carbocycles. The molecule has 1 aromatic heterocycles. The molecule has 30 heavy (non-hydrogen) atoms. The van der Waals surface area contributed by atoms with Crippen LogP contribution in [0.5, 0.6) is 0 Å². The second-order valence-electron chi connectivity index (χ2n) is 10.6. The lowest BCUT2D eigenvalue weighted by Crippen LogP contribution is -2.60. The van der Waals surface area contributed by atoms with Crippen molar-refractivity contribution >= 4 is 17.5 Å². The van der Waals surface area contributed by atoms with Crippen molar-refractivity contribution in [3.8, 4) is 0 Å². The zero-order valence-corrected chi connectivity index (χ0v) is 18.4. The summed E-state index contributed by atoms with van der Waals surface area (Å²) in [6, 6.07) is 3.69. The van der Waals surface area contributed by atoms with Gasteiger partial charge >= 0.3 is 0 Å². The van der Waals surface area contributed by atoms with Gasteiger partial charge in [0.05, 0.1) is 0 Å². The molecule has 0 radical (unpaired) electrons. The lowest BCUT2D eigenvalue weighted by atomic mass is 9.48. The van der Waals surface area contributed by atoms with E-state index in [9.17, 15) is 9.59 Å². The number of nitrogens with zero attached hydrogens (tertiary/aromatic N) is 2. The van der Waals surface area contributed by atoms with E-state index >= 15 is 0 Å². The summed E-state index contributed by atoms with van der Waals surface area (Å²) >= 11 is 0. The molecule has 2 heterocycles. The number of nitrogens with one attached hydrogen (secondary N) is 1. The van der Waals surface area contributed by atoms with Crippen molar-refractivity contribution < 1.29 is 9.59 Å². The monoisotopic (exact) mass is 407 g/mol. The molecule has 3 fully saturated rings. The molecule has 5 heteroatoms. The van der Waals surface area contributed by atoms with Crippen LogP contribution in [0, 0.1) is 28.6 Å². The van der Waals surface area contributed by atoms with E-state index in [0.717, 1.165) is 18.3 Å². The highest BCUT2D eigenvalue weighted by molar-refractivity contribution is 6.23. The lowest BCUT2D eigenvalue weighted by molar-refractivity contribution is -0.141. The minimum Gasteiger partial charge on any atom is -0.338 e. The first-order valence-corrected chi connectivity index (χ1v) is 11.5. The van der Waals surface area contributed by atoms with Crippen molar-refractivity contribution in [3.05, 3.63) is 36.2 Å². The van der Waals surface area contributed by atoms with Gasteiger partial charge in [0.15, 0.2) is 0 Å². The van der Waals surface area contributed by atoms with Gasteiger partial charge in [-0.25, -0.2) is 0 Å². The van der Waals surface area contributed by atoms with Crippen LogP contribution in [0.3, 0.4) is 0 Å². The lowest BCUT2D eigenvalue weighted by Gasteiger charge is -2.60. The van der Waals surface area contributed by atoms with Crippen LogP contribution in [0.1, 0.15) is 58.8 Å². The number of carbonyl (C=O) groups is 2. The fraction of sp³-hybridized carbons (Fsp3) is 0.640. The SMILES string of the molecule is CN1C(=O)C(C(=O)Nc2ccncc2)=C[C@@]2(C)C1CC[C@@H]1[C@H]2CC[C@]2(C)CCC[C@@H]12. The summed E-state index contributed by atoms with van der Waals surface area (Å²) in [5, 5.41) is 2.90. The van der Waals surface area contributed by atoms with Gasteiger partial charge < -0.3 is 10.2 Å². The Morgan fingerprint density at radius 3 is 2.63 bits per heavy atom. The summed E-state index contributed by atoms with van der Waals surface area (Å²) < 4.78 is 0. The van der Waals surface area contributed by atoms with Crippen LogP contribution in [0.25, 0.3) is 0 Å². The van der Waals surface area contributed by atoms with E-state index in [1.807, 2.05) is 11.9 Å². The maximum atomic E-state index is 13.1. The Bertz CT molecular complexity index is 897. The van der Waals surface area contributed by atoms with Gasteiger partial charge in [0.25, 0.3) is 11.8 Å². The van der Waals surface area contributed by atoms with Gasteiger partial charge in [-0.15, -0.1) is 0 Å². The van der Waals surface area contributed by atoms with Crippen molar-refractivity contribution in [1.29, 1.82) is 0 Å². The molecular formula is C25H33N3O2. The molecule has 0 bridgehead atoms. The zero-order valence-electron chi connectivity index (χ0n) is 18.4. The Hall–Kier alpha value is -2.17. The number of carbonyl (C=O) groups excluding carboxylic acids is 2. The van der Waals surface area contributed by atoms with Gasteiger partial charge in [0.1, 0.15) is 5.57 Å². The van der Waals surface area contributed by atoms with E-state index in [4.69, 9.17) is 0 Å². The molecule has 160 valence electrons. The van der Waals surface area contributed by atoms with Gasteiger partial charge in [-0.1, -0.05) is 26.3 Å². The first-order chi connectivity index (χ1) is 14.3. The molecule has 1 unspecified atom stereocenters. The second kappa shape index (κ2) is 6.93. The fourth-order valence-corrected chi connectivity index (χ4v) is 7.68. The van der Waals surface area contributed by atoms with Gasteiger partial charge in [0.2, 0.25) is 0 Å². The Morgan fingerprint density at radius 1 is 1.10 bits per heavy atom. The van der Waals surface area contributed by atoms with Crippen LogP contribution < -0.4 is 5.32 Å². The third kappa shape index (κ3) is 2.84. The largest absolute Gasteiger partial charge is 0.338 e. The summed E-state index contributed by atoms with van der Waals surface area (Å²) in [5.41, 5.74) is 1.33. The Labute approximate surface area is 179 Å². The molecule has 0 saturated heterocycles. The molecule has 3 saturated carbocycles. The topological polar surface area (TPSA) is 62.3 Å². The van der Waals surface area contributed by atoms with Gasteiger partial charge in [-0.05, 0) is 73.8 Å². The van der Waals surface area contributed by atoms with Crippen molar-refractivity contribution in [2.45, 2.75) is 64.8 Å². The Balaban J connectivity index is 1.49. The molecule has 5 nitrogen and oxygen atoms in total. The molecule has 0 aromatic carbocycles. The normalized spacial score (nSPS) is 40.2. The Morgan fingerprint density at radius 2 is 1.87 bits per heavy atom. The van der Waals surface area contributed by atoms with Crippen molar-refractivity contribution in [1.82, 2.24) is 9.88 Å². The summed E-state index contributed by atoms with van der Waals surface area (Å²) in [5.74, 6) is 1.62. The molecular weight excluding hydrogens is 374 g/mol. The third-order valence-corrected chi connectivity index (χ3v) is 9.17. The molecule has 6 atom stereocenters. The number of pyridine rings is 1. The molecule has 5 rings (SSSR count). The summed E-state index contributed by atoms with van der Waals surface area (Å²) in [6.07, 6.45) is 14.2. The number of likely N-dealkylation sites (N-methyl/N-ethyl adjacent to an activating group) is 1. The number of anilines is 1. The van der Waals surface area contributed by atoms with E-state index in [2.05, 4.69) is 30.2 Å². The number of aromatic nitrogens is 1. The van der Waals surface area contributed by atoms with E-state index in [0.29, 0.717) is 22.6 Å². The predicted octanol–water partition coefficient (Wildman–Crippen LogP) is 4.42. The highest BCUT2D eigenvalue weighted by Crippen LogP contribution is 2.64.